The van der Waals surface area contributed by atoms with Crippen molar-refractivity contribution in [1.82, 2.24) is 14.8 Å². The summed E-state index contributed by atoms with van der Waals surface area (Å²) in [6.07, 6.45) is -6.17. The normalized spacial score (nSPS) is 22.7. The second-order valence-corrected chi connectivity index (χ2v) is 7.68. The van der Waals surface area contributed by atoms with Crippen LogP contribution in [0.25, 0.3) is 0 Å². The predicted octanol–water partition coefficient (Wildman–Crippen LogP) is 2.99. The number of carbonyl (C=O) groups is 2. The van der Waals surface area contributed by atoms with Gasteiger partial charge in [-0.3, -0.25) is 9.53 Å². The zero-order valence-corrected chi connectivity index (χ0v) is 16.7. The zero-order chi connectivity index (χ0) is 22.9. The number of hydrogen-bond acceptors (Lipinski definition) is 6. The third-order valence-corrected chi connectivity index (χ3v) is 5.54. The number of likely N-dealkylation sites (tertiary alicyclic amines) is 2. The van der Waals surface area contributed by atoms with Crippen LogP contribution >= 0.6 is 0 Å². The van der Waals surface area contributed by atoms with E-state index in [9.17, 15) is 27.9 Å². The van der Waals surface area contributed by atoms with Crippen molar-refractivity contribution in [3.05, 3.63) is 59.9 Å². The summed E-state index contributed by atoms with van der Waals surface area (Å²) in [4.78, 5) is 31.3. The largest absolute Gasteiger partial charge is 0.524 e. The summed E-state index contributed by atoms with van der Waals surface area (Å²) in [5.41, 5.74) is 0.675. The number of benzene rings is 1. The number of rotatable bonds is 4. The van der Waals surface area contributed by atoms with Crippen molar-refractivity contribution in [3.8, 4) is 5.75 Å². The van der Waals surface area contributed by atoms with E-state index < -0.39 is 36.4 Å². The summed E-state index contributed by atoms with van der Waals surface area (Å²) in [5.74, 6) is -2.06. The quantitative estimate of drug-likeness (QED) is 0.769. The van der Waals surface area contributed by atoms with Crippen LogP contribution in [0.4, 0.5) is 18.0 Å². The van der Waals surface area contributed by atoms with E-state index in [1.807, 2.05) is 6.07 Å². The summed E-state index contributed by atoms with van der Waals surface area (Å²) in [6.45, 7) is 0.120. The van der Waals surface area contributed by atoms with Gasteiger partial charge in [0.15, 0.2) is 0 Å². The number of pyridine rings is 1. The van der Waals surface area contributed by atoms with Crippen LogP contribution in [-0.2, 0) is 16.1 Å². The molecule has 1 unspecified atom stereocenters. The fourth-order valence-corrected chi connectivity index (χ4v) is 4.11. The highest BCUT2D eigenvalue weighted by molar-refractivity contribution is 5.92. The van der Waals surface area contributed by atoms with Gasteiger partial charge in [0.05, 0.1) is 6.20 Å². The minimum Gasteiger partial charge on any atom is -0.506 e. The summed E-state index contributed by atoms with van der Waals surface area (Å²) < 4.78 is 48.9. The molecule has 11 heteroatoms. The molecule has 3 atom stereocenters. The minimum atomic E-state index is -4.97. The van der Waals surface area contributed by atoms with Gasteiger partial charge in [-0.25, -0.2) is 9.78 Å². The van der Waals surface area contributed by atoms with Crippen LogP contribution in [0.1, 0.15) is 16.1 Å². The molecule has 2 aliphatic heterocycles. The lowest BCUT2D eigenvalue weighted by molar-refractivity contribution is -0.358. The molecular weight excluding hydrogens is 431 g/mol. The summed E-state index contributed by atoms with van der Waals surface area (Å²) in [7, 11) is 0. The maximum absolute atomic E-state index is 13.1. The lowest BCUT2D eigenvalue weighted by atomic mass is 9.99. The maximum Gasteiger partial charge on any atom is 0.524 e. The fourth-order valence-electron chi connectivity index (χ4n) is 4.11. The van der Waals surface area contributed by atoms with Crippen molar-refractivity contribution in [2.75, 3.05) is 19.6 Å². The third kappa shape index (κ3) is 4.77. The molecule has 0 radical (unpaired) electrons. The number of hydrogen-bond donors (Lipinski definition) is 1. The standard InChI is InChI=1S/C21H20F3N3O5/c22-21(23,24)32-19-16-11-26(20(30)31-12-13-4-2-1-3-5-13)9-14(16)10-27(19)18(29)17-7-6-15(28)8-25-17/h1-8,14,16,19,28H,9-12H2/t14-,16-,19?/m1/s1. The van der Waals surface area contributed by atoms with Crippen molar-refractivity contribution in [3.63, 3.8) is 0 Å². The molecule has 3 heterocycles. The van der Waals surface area contributed by atoms with E-state index in [0.717, 1.165) is 16.7 Å². The molecule has 170 valence electrons. The maximum atomic E-state index is 13.1. The molecule has 2 aliphatic rings. The molecule has 0 bridgehead atoms. The smallest absolute Gasteiger partial charge is 0.506 e. The second kappa shape index (κ2) is 8.65. The van der Waals surface area contributed by atoms with Gasteiger partial charge in [0.25, 0.3) is 5.91 Å². The van der Waals surface area contributed by atoms with Gasteiger partial charge >= 0.3 is 12.5 Å². The van der Waals surface area contributed by atoms with Crippen LogP contribution < -0.4 is 0 Å². The van der Waals surface area contributed by atoms with Crippen LogP contribution in [-0.4, -0.2) is 64.1 Å². The molecule has 1 aromatic carbocycles. The molecule has 0 aliphatic carbocycles. The molecule has 0 spiro atoms. The van der Waals surface area contributed by atoms with Crippen molar-refractivity contribution >= 4 is 12.0 Å². The number of ether oxygens (including phenoxy) is 2. The molecular formula is C21H20F3N3O5. The van der Waals surface area contributed by atoms with E-state index in [4.69, 9.17) is 4.74 Å². The van der Waals surface area contributed by atoms with E-state index in [2.05, 4.69) is 9.72 Å². The van der Waals surface area contributed by atoms with Crippen molar-refractivity contribution < 1.29 is 37.3 Å². The number of fused-ring (bicyclic) bond motifs is 1. The van der Waals surface area contributed by atoms with E-state index in [-0.39, 0.29) is 37.7 Å². The van der Waals surface area contributed by atoms with Crippen molar-refractivity contribution in [1.29, 1.82) is 0 Å². The lowest BCUT2D eigenvalue weighted by Gasteiger charge is -2.29. The Hall–Kier alpha value is -3.34. The first-order valence-corrected chi connectivity index (χ1v) is 9.87. The van der Waals surface area contributed by atoms with Gasteiger partial charge in [0, 0.05) is 31.5 Å². The van der Waals surface area contributed by atoms with Crippen LogP contribution in [0, 0.1) is 11.8 Å². The average Bonchev–Trinajstić information content (AvgIpc) is 3.31. The van der Waals surface area contributed by atoms with E-state index in [1.54, 1.807) is 24.3 Å². The Kier molecular flexibility index (Phi) is 5.92. The number of nitrogens with zero attached hydrogens (tertiary/aromatic N) is 3. The summed E-state index contributed by atoms with van der Waals surface area (Å²) >= 11 is 0. The van der Waals surface area contributed by atoms with Gasteiger partial charge in [-0.15, -0.1) is 13.2 Å². The summed E-state index contributed by atoms with van der Waals surface area (Å²) in [6, 6.07) is 11.5. The fraction of sp³-hybridized carbons (Fsp3) is 0.381. The topological polar surface area (TPSA) is 92.2 Å². The minimum absolute atomic E-state index is 0.0325. The SMILES string of the molecule is O=C(OCc1ccccc1)N1C[C@@H]2CN(C(=O)c3ccc(O)cn3)C(OC(F)(F)F)[C@@H]2C1. The molecule has 2 aromatic rings. The zero-order valence-electron chi connectivity index (χ0n) is 16.7. The van der Waals surface area contributed by atoms with Crippen LogP contribution in [0.5, 0.6) is 5.75 Å². The van der Waals surface area contributed by atoms with E-state index in [1.165, 1.54) is 17.0 Å². The van der Waals surface area contributed by atoms with Crippen molar-refractivity contribution in [2.24, 2.45) is 11.8 Å². The molecule has 0 saturated carbocycles. The number of aromatic hydroxyl groups is 1. The van der Waals surface area contributed by atoms with Crippen LogP contribution in [0.2, 0.25) is 0 Å². The number of carbonyl (C=O) groups excluding carboxylic acids is 2. The molecule has 1 N–H and O–H groups in total. The highest BCUT2D eigenvalue weighted by Gasteiger charge is 2.54. The molecule has 32 heavy (non-hydrogen) atoms. The Balaban J connectivity index is 1.45. The molecule has 2 fully saturated rings. The Morgan fingerprint density at radius 1 is 1.09 bits per heavy atom. The number of aromatic nitrogens is 1. The molecule has 1 aromatic heterocycles. The Bertz CT molecular complexity index is 971. The van der Waals surface area contributed by atoms with Crippen LogP contribution in [0.15, 0.2) is 48.7 Å². The highest BCUT2D eigenvalue weighted by atomic mass is 19.4. The molecule has 4 rings (SSSR count). The third-order valence-electron chi connectivity index (χ3n) is 5.54. The van der Waals surface area contributed by atoms with Crippen LogP contribution in [0.3, 0.4) is 0 Å². The van der Waals surface area contributed by atoms with Gasteiger partial charge in [-0.05, 0) is 17.7 Å². The number of alkyl halides is 3. The number of amides is 2. The summed E-state index contributed by atoms with van der Waals surface area (Å²) in [5, 5.41) is 9.33. The van der Waals surface area contributed by atoms with Gasteiger partial charge in [-0.2, -0.15) is 0 Å². The first-order chi connectivity index (χ1) is 15.2. The predicted molar refractivity (Wildman–Crippen MR) is 103 cm³/mol. The molecule has 8 nitrogen and oxygen atoms in total. The Morgan fingerprint density at radius 2 is 1.84 bits per heavy atom. The van der Waals surface area contributed by atoms with E-state index >= 15 is 0 Å². The van der Waals surface area contributed by atoms with Gasteiger partial charge in [-0.1, -0.05) is 30.3 Å². The van der Waals surface area contributed by atoms with Gasteiger partial charge in [0.1, 0.15) is 24.3 Å². The van der Waals surface area contributed by atoms with Crippen molar-refractivity contribution in [2.45, 2.75) is 19.2 Å². The van der Waals surface area contributed by atoms with E-state index in [0.29, 0.717) is 0 Å². The van der Waals surface area contributed by atoms with Gasteiger partial charge < -0.3 is 19.6 Å². The first kappa shape index (κ1) is 21.9. The monoisotopic (exact) mass is 451 g/mol. The number of halogens is 3. The lowest BCUT2D eigenvalue weighted by Crippen LogP contribution is -2.45. The highest BCUT2D eigenvalue weighted by Crippen LogP contribution is 2.40. The first-order valence-electron chi connectivity index (χ1n) is 9.87. The molecule has 2 saturated heterocycles. The second-order valence-electron chi connectivity index (χ2n) is 7.68. The Labute approximate surface area is 181 Å². The molecule has 2 amide bonds. The Morgan fingerprint density at radius 3 is 2.50 bits per heavy atom. The van der Waals surface area contributed by atoms with Gasteiger partial charge in [0.2, 0.25) is 0 Å². The average molecular weight is 451 g/mol.